The number of para-hydroxylation sites is 1. The molecule has 7 heteroatoms. The molecule has 0 spiro atoms. The fraction of sp³-hybridized carbons (Fsp3) is 0.238. The van der Waals surface area contributed by atoms with Crippen LogP contribution in [0, 0.1) is 0 Å². The predicted octanol–water partition coefficient (Wildman–Crippen LogP) is 3.13. The van der Waals surface area contributed by atoms with Gasteiger partial charge in [-0.3, -0.25) is 9.59 Å². The van der Waals surface area contributed by atoms with Gasteiger partial charge < -0.3 is 24.5 Å². The number of amides is 1. The lowest BCUT2D eigenvalue weighted by Crippen LogP contribution is -2.17. The van der Waals surface area contributed by atoms with Crippen LogP contribution in [0.1, 0.15) is 12.0 Å². The van der Waals surface area contributed by atoms with Crippen LogP contribution in [0.15, 0.2) is 47.3 Å². The molecule has 3 aromatic rings. The Bertz CT molecular complexity index is 1030. The number of carbonyl (C=O) groups is 1. The summed E-state index contributed by atoms with van der Waals surface area (Å²) in [7, 11) is 4.53. The molecule has 0 aliphatic carbocycles. The van der Waals surface area contributed by atoms with E-state index in [1.165, 1.54) is 21.3 Å². The summed E-state index contributed by atoms with van der Waals surface area (Å²) in [5, 5.41) is 3.74. The highest BCUT2D eigenvalue weighted by Gasteiger charge is 2.15. The first-order valence-electron chi connectivity index (χ1n) is 8.76. The largest absolute Gasteiger partial charge is 0.493 e. The van der Waals surface area contributed by atoms with Crippen LogP contribution in [-0.4, -0.2) is 32.2 Å². The molecule has 0 saturated heterocycles. The lowest BCUT2D eigenvalue weighted by molar-refractivity contribution is -0.116. The average Bonchev–Trinajstić information content (AvgIpc) is 2.71. The van der Waals surface area contributed by atoms with Crippen LogP contribution in [0.25, 0.3) is 10.9 Å². The molecule has 0 aliphatic rings. The minimum Gasteiger partial charge on any atom is -0.493 e. The van der Waals surface area contributed by atoms with Gasteiger partial charge in [-0.2, -0.15) is 0 Å². The third-order valence-electron chi connectivity index (χ3n) is 4.40. The molecule has 0 bridgehead atoms. The van der Waals surface area contributed by atoms with Crippen molar-refractivity contribution in [1.82, 2.24) is 4.98 Å². The number of methoxy groups -OCH3 is 3. The van der Waals surface area contributed by atoms with Gasteiger partial charge in [-0.25, -0.2) is 0 Å². The number of carbonyl (C=O) groups excluding carboxylic acids is 1. The van der Waals surface area contributed by atoms with E-state index >= 15 is 0 Å². The number of H-pyrrole nitrogens is 1. The molecule has 7 nitrogen and oxygen atoms in total. The molecule has 0 aliphatic heterocycles. The maximum atomic E-state index is 12.4. The normalized spacial score (nSPS) is 10.5. The molecule has 28 heavy (non-hydrogen) atoms. The maximum absolute atomic E-state index is 12.4. The number of aromatic amines is 1. The topological polar surface area (TPSA) is 89.7 Å². The number of hydrogen-bond donors (Lipinski definition) is 2. The number of rotatable bonds is 7. The van der Waals surface area contributed by atoms with E-state index < -0.39 is 0 Å². The Morgan fingerprint density at radius 3 is 2.32 bits per heavy atom. The summed E-state index contributed by atoms with van der Waals surface area (Å²) in [4.78, 5) is 27.4. The number of pyridine rings is 1. The van der Waals surface area contributed by atoms with E-state index in [9.17, 15) is 9.59 Å². The number of anilines is 1. The SMILES string of the molecule is COc1cc(NC(=O)CCc2cc3ccccc3[nH]c2=O)cc(OC)c1OC. The molecule has 0 unspecified atom stereocenters. The Balaban J connectivity index is 1.73. The summed E-state index contributed by atoms with van der Waals surface area (Å²) in [6.45, 7) is 0. The molecule has 2 N–H and O–H groups in total. The molecule has 0 saturated carbocycles. The van der Waals surface area contributed by atoms with Gasteiger partial charge in [0, 0.05) is 35.3 Å². The quantitative estimate of drug-likeness (QED) is 0.655. The van der Waals surface area contributed by atoms with Crippen molar-refractivity contribution in [3.63, 3.8) is 0 Å². The van der Waals surface area contributed by atoms with E-state index in [0.717, 1.165) is 10.9 Å². The summed E-state index contributed by atoms with van der Waals surface area (Å²) >= 11 is 0. The van der Waals surface area contributed by atoms with Crippen molar-refractivity contribution >= 4 is 22.5 Å². The van der Waals surface area contributed by atoms with Crippen LogP contribution in [-0.2, 0) is 11.2 Å². The van der Waals surface area contributed by atoms with Crippen molar-refractivity contribution in [2.75, 3.05) is 26.6 Å². The monoisotopic (exact) mass is 382 g/mol. The first-order chi connectivity index (χ1) is 13.5. The van der Waals surface area contributed by atoms with E-state index in [0.29, 0.717) is 34.9 Å². The smallest absolute Gasteiger partial charge is 0.251 e. The third kappa shape index (κ3) is 4.09. The minimum absolute atomic E-state index is 0.165. The van der Waals surface area contributed by atoms with Crippen LogP contribution in [0.3, 0.4) is 0 Å². The Kier molecular flexibility index (Phi) is 5.84. The second kappa shape index (κ2) is 8.47. The molecule has 0 radical (unpaired) electrons. The molecule has 0 atom stereocenters. The number of ether oxygens (including phenoxy) is 3. The highest BCUT2D eigenvalue weighted by Crippen LogP contribution is 2.39. The Morgan fingerprint density at radius 1 is 1.00 bits per heavy atom. The van der Waals surface area contributed by atoms with Gasteiger partial charge in [0.2, 0.25) is 11.7 Å². The van der Waals surface area contributed by atoms with Crippen LogP contribution in [0.2, 0.25) is 0 Å². The van der Waals surface area contributed by atoms with Gasteiger partial charge in [-0.1, -0.05) is 18.2 Å². The molecule has 1 aromatic heterocycles. The third-order valence-corrected chi connectivity index (χ3v) is 4.40. The minimum atomic E-state index is -0.221. The van der Waals surface area contributed by atoms with E-state index in [2.05, 4.69) is 10.3 Å². The Labute approximate surface area is 162 Å². The number of benzene rings is 2. The van der Waals surface area contributed by atoms with Crippen LogP contribution in [0.5, 0.6) is 17.2 Å². The van der Waals surface area contributed by atoms with Gasteiger partial charge in [-0.15, -0.1) is 0 Å². The molecule has 1 heterocycles. The summed E-state index contributed by atoms with van der Waals surface area (Å²) in [6, 6.07) is 12.7. The van der Waals surface area contributed by atoms with Crippen molar-refractivity contribution in [2.45, 2.75) is 12.8 Å². The fourth-order valence-electron chi connectivity index (χ4n) is 3.00. The van der Waals surface area contributed by atoms with E-state index in [-0.39, 0.29) is 17.9 Å². The zero-order valence-electron chi connectivity index (χ0n) is 16.0. The lowest BCUT2D eigenvalue weighted by Gasteiger charge is -2.14. The van der Waals surface area contributed by atoms with Crippen molar-refractivity contribution in [3.05, 3.63) is 58.4 Å². The fourth-order valence-corrected chi connectivity index (χ4v) is 3.00. The molecule has 2 aromatic carbocycles. The zero-order valence-corrected chi connectivity index (χ0v) is 16.0. The Hall–Kier alpha value is -3.48. The molecule has 146 valence electrons. The van der Waals surface area contributed by atoms with E-state index in [4.69, 9.17) is 14.2 Å². The number of aromatic nitrogens is 1. The van der Waals surface area contributed by atoms with Crippen molar-refractivity contribution < 1.29 is 19.0 Å². The summed E-state index contributed by atoms with van der Waals surface area (Å²) < 4.78 is 15.8. The maximum Gasteiger partial charge on any atom is 0.251 e. The molecule has 0 fully saturated rings. The van der Waals surface area contributed by atoms with E-state index in [1.807, 2.05) is 30.3 Å². The summed E-state index contributed by atoms with van der Waals surface area (Å²) in [5.41, 5.74) is 1.68. The average molecular weight is 382 g/mol. The number of aryl methyl sites for hydroxylation is 1. The predicted molar refractivity (Wildman–Crippen MR) is 108 cm³/mol. The molecule has 3 rings (SSSR count). The van der Waals surface area contributed by atoms with Gasteiger partial charge in [-0.05, 0) is 23.9 Å². The van der Waals surface area contributed by atoms with Gasteiger partial charge in [0.15, 0.2) is 11.5 Å². The Morgan fingerprint density at radius 2 is 1.68 bits per heavy atom. The van der Waals surface area contributed by atoms with Gasteiger partial charge in [0.1, 0.15) is 0 Å². The first-order valence-corrected chi connectivity index (χ1v) is 8.76. The van der Waals surface area contributed by atoms with Crippen LogP contribution < -0.4 is 25.1 Å². The van der Waals surface area contributed by atoms with Crippen molar-refractivity contribution in [2.24, 2.45) is 0 Å². The summed E-state index contributed by atoms with van der Waals surface area (Å²) in [5.74, 6) is 1.12. The van der Waals surface area contributed by atoms with Gasteiger partial charge >= 0.3 is 0 Å². The lowest BCUT2D eigenvalue weighted by atomic mass is 10.1. The van der Waals surface area contributed by atoms with Crippen LogP contribution in [0.4, 0.5) is 5.69 Å². The summed E-state index contributed by atoms with van der Waals surface area (Å²) in [6.07, 6.45) is 0.495. The van der Waals surface area contributed by atoms with Crippen LogP contribution >= 0.6 is 0 Å². The number of fused-ring (bicyclic) bond motifs is 1. The van der Waals surface area contributed by atoms with Gasteiger partial charge in [0.05, 0.1) is 21.3 Å². The second-order valence-electron chi connectivity index (χ2n) is 6.17. The van der Waals surface area contributed by atoms with Crippen molar-refractivity contribution in [1.29, 1.82) is 0 Å². The number of nitrogens with one attached hydrogen (secondary N) is 2. The highest BCUT2D eigenvalue weighted by molar-refractivity contribution is 5.91. The van der Waals surface area contributed by atoms with Crippen molar-refractivity contribution in [3.8, 4) is 17.2 Å². The van der Waals surface area contributed by atoms with Gasteiger partial charge in [0.25, 0.3) is 5.56 Å². The molecular weight excluding hydrogens is 360 g/mol. The number of hydrogen-bond acceptors (Lipinski definition) is 5. The molecular formula is C21H22N2O5. The molecule has 1 amide bonds. The first kappa shape index (κ1) is 19.3. The standard InChI is InChI=1S/C21H22N2O5/c1-26-17-11-15(12-18(27-2)20(17)28-3)22-19(24)9-8-14-10-13-6-4-5-7-16(13)23-21(14)25/h4-7,10-12H,8-9H2,1-3H3,(H,22,24)(H,23,25). The highest BCUT2D eigenvalue weighted by atomic mass is 16.5. The van der Waals surface area contributed by atoms with E-state index in [1.54, 1.807) is 12.1 Å². The second-order valence-corrected chi connectivity index (χ2v) is 6.17. The zero-order chi connectivity index (χ0) is 20.1.